The van der Waals surface area contributed by atoms with Crippen LogP contribution in [0.15, 0.2) is 40.9 Å². The molecule has 0 saturated carbocycles. The van der Waals surface area contributed by atoms with Crippen LogP contribution in [0.5, 0.6) is 0 Å². The van der Waals surface area contributed by atoms with Crippen LogP contribution < -0.4 is 5.32 Å². The minimum Gasteiger partial charge on any atom is -0.351 e. The second kappa shape index (κ2) is 6.48. The molecule has 0 radical (unpaired) electrons. The lowest BCUT2D eigenvalue weighted by molar-refractivity contribution is 0.0987. The van der Waals surface area contributed by atoms with Crippen LogP contribution in [0.3, 0.4) is 0 Å². The molecule has 0 fully saturated rings. The molecule has 0 aliphatic carbocycles. The first kappa shape index (κ1) is 15.0. The van der Waals surface area contributed by atoms with Gasteiger partial charge in [-0.3, -0.25) is 9.89 Å². The first-order valence-corrected chi connectivity index (χ1v) is 7.45. The Kier molecular flexibility index (Phi) is 4.23. The molecule has 1 aromatic carbocycles. The maximum absolute atomic E-state index is 12.0. The highest BCUT2D eigenvalue weighted by Crippen LogP contribution is 2.13. The summed E-state index contributed by atoms with van der Waals surface area (Å²) in [4.78, 5) is 12.0. The van der Waals surface area contributed by atoms with Gasteiger partial charge in [0.05, 0.1) is 5.69 Å². The van der Waals surface area contributed by atoms with Crippen LogP contribution in [0.25, 0.3) is 0 Å². The molecule has 1 amide bonds. The number of hydrogen-bond acceptors (Lipinski definition) is 4. The van der Waals surface area contributed by atoms with Crippen molar-refractivity contribution in [1.29, 1.82) is 0 Å². The maximum Gasteiger partial charge on any atom is 0.295 e. The Bertz CT molecular complexity index is 819. The van der Waals surface area contributed by atoms with Crippen LogP contribution in [0, 0.1) is 13.8 Å². The van der Waals surface area contributed by atoms with Crippen molar-refractivity contribution in [2.45, 2.75) is 26.7 Å². The molecule has 2 N–H and O–H groups in total. The zero-order chi connectivity index (χ0) is 16.2. The number of amides is 1. The van der Waals surface area contributed by atoms with Crippen molar-refractivity contribution < 1.29 is 9.32 Å². The van der Waals surface area contributed by atoms with Crippen LogP contribution in [0.4, 0.5) is 5.82 Å². The second-order valence-electron chi connectivity index (χ2n) is 5.49. The molecule has 3 rings (SSSR count). The number of aromatic nitrogens is 3. The standard InChI is InChI=1S/C17H18N4O2/c1-11-5-3-4-6-13(11)7-8-14-10-16(20-19-14)18-17(22)15-9-12(2)21-23-15/h3-6,9-10H,7-8H2,1-2H3,(H2,18,19,20,22). The number of carbonyl (C=O) groups is 1. The summed E-state index contributed by atoms with van der Waals surface area (Å²) < 4.78 is 4.92. The molecular formula is C17H18N4O2. The number of rotatable bonds is 5. The van der Waals surface area contributed by atoms with Crippen LogP contribution in [-0.4, -0.2) is 21.3 Å². The van der Waals surface area contributed by atoms with E-state index in [1.807, 2.05) is 18.2 Å². The minimum atomic E-state index is -0.359. The SMILES string of the molecule is Cc1cc(C(=O)Nc2cc(CCc3ccccc3C)[nH]n2)on1. The Labute approximate surface area is 133 Å². The molecule has 2 heterocycles. The smallest absolute Gasteiger partial charge is 0.295 e. The highest BCUT2D eigenvalue weighted by atomic mass is 16.5. The fraction of sp³-hybridized carbons (Fsp3) is 0.235. The zero-order valence-electron chi connectivity index (χ0n) is 13.1. The lowest BCUT2D eigenvalue weighted by Gasteiger charge is -2.03. The van der Waals surface area contributed by atoms with Crippen LogP contribution in [0.1, 0.15) is 33.1 Å². The normalized spacial score (nSPS) is 10.7. The molecule has 0 atom stereocenters. The van der Waals surface area contributed by atoms with E-state index in [2.05, 4.69) is 39.7 Å². The van der Waals surface area contributed by atoms with Gasteiger partial charge in [0.15, 0.2) is 5.82 Å². The summed E-state index contributed by atoms with van der Waals surface area (Å²) in [6.45, 7) is 3.87. The van der Waals surface area contributed by atoms with Gasteiger partial charge in [-0.1, -0.05) is 29.4 Å². The number of hydrogen-bond donors (Lipinski definition) is 2. The summed E-state index contributed by atoms with van der Waals surface area (Å²) in [5.41, 5.74) is 4.22. The van der Waals surface area contributed by atoms with Gasteiger partial charge in [0.25, 0.3) is 5.91 Å². The molecule has 0 saturated heterocycles. The molecule has 2 aromatic heterocycles. The molecule has 0 aliphatic rings. The Morgan fingerprint density at radius 1 is 1.22 bits per heavy atom. The summed E-state index contributed by atoms with van der Waals surface area (Å²) in [5, 5.41) is 13.4. The van der Waals surface area contributed by atoms with Crippen molar-refractivity contribution in [3.8, 4) is 0 Å². The monoisotopic (exact) mass is 310 g/mol. The van der Waals surface area contributed by atoms with E-state index in [9.17, 15) is 4.79 Å². The lowest BCUT2D eigenvalue weighted by atomic mass is 10.0. The number of anilines is 1. The third-order valence-corrected chi connectivity index (χ3v) is 3.65. The minimum absolute atomic E-state index is 0.173. The van der Waals surface area contributed by atoms with Gasteiger partial charge in [0.2, 0.25) is 5.76 Å². The number of aryl methyl sites for hydroxylation is 4. The average Bonchev–Trinajstić information content (AvgIpc) is 3.15. The van der Waals surface area contributed by atoms with Gasteiger partial charge >= 0.3 is 0 Å². The van der Waals surface area contributed by atoms with E-state index >= 15 is 0 Å². The molecule has 23 heavy (non-hydrogen) atoms. The topological polar surface area (TPSA) is 83.8 Å². The predicted octanol–water partition coefficient (Wildman–Crippen LogP) is 3.05. The number of nitrogens with zero attached hydrogens (tertiary/aromatic N) is 2. The van der Waals surface area contributed by atoms with Crippen molar-refractivity contribution in [3.63, 3.8) is 0 Å². The first-order chi connectivity index (χ1) is 11.1. The van der Waals surface area contributed by atoms with Gasteiger partial charge in [0.1, 0.15) is 0 Å². The number of nitrogens with one attached hydrogen (secondary N) is 2. The predicted molar refractivity (Wildman–Crippen MR) is 86.4 cm³/mol. The highest BCUT2D eigenvalue weighted by molar-refractivity contribution is 6.01. The summed E-state index contributed by atoms with van der Waals surface area (Å²) in [7, 11) is 0. The van der Waals surface area contributed by atoms with E-state index < -0.39 is 0 Å². The molecule has 3 aromatic rings. The van der Waals surface area contributed by atoms with Crippen molar-refractivity contribution in [3.05, 3.63) is 64.7 Å². The fourth-order valence-electron chi connectivity index (χ4n) is 2.36. The van der Waals surface area contributed by atoms with Gasteiger partial charge in [0, 0.05) is 17.8 Å². The van der Waals surface area contributed by atoms with Gasteiger partial charge in [-0.15, -0.1) is 0 Å². The van der Waals surface area contributed by atoms with E-state index in [1.165, 1.54) is 11.1 Å². The third kappa shape index (κ3) is 3.66. The second-order valence-corrected chi connectivity index (χ2v) is 5.49. The summed E-state index contributed by atoms with van der Waals surface area (Å²) >= 11 is 0. The van der Waals surface area contributed by atoms with Crippen molar-refractivity contribution >= 4 is 11.7 Å². The van der Waals surface area contributed by atoms with E-state index in [4.69, 9.17) is 4.52 Å². The fourth-order valence-corrected chi connectivity index (χ4v) is 2.36. The molecule has 0 aliphatic heterocycles. The van der Waals surface area contributed by atoms with E-state index in [-0.39, 0.29) is 11.7 Å². The van der Waals surface area contributed by atoms with E-state index in [1.54, 1.807) is 13.0 Å². The van der Waals surface area contributed by atoms with Gasteiger partial charge < -0.3 is 9.84 Å². The van der Waals surface area contributed by atoms with Crippen LogP contribution >= 0.6 is 0 Å². The number of aromatic amines is 1. The number of benzene rings is 1. The Morgan fingerprint density at radius 2 is 2.04 bits per heavy atom. The van der Waals surface area contributed by atoms with Gasteiger partial charge in [-0.2, -0.15) is 5.10 Å². The summed E-state index contributed by atoms with van der Waals surface area (Å²) in [6, 6.07) is 11.7. The van der Waals surface area contributed by atoms with E-state index in [0.29, 0.717) is 11.5 Å². The molecule has 0 unspecified atom stereocenters. The van der Waals surface area contributed by atoms with Crippen LogP contribution in [0.2, 0.25) is 0 Å². The zero-order valence-corrected chi connectivity index (χ0v) is 13.1. The average molecular weight is 310 g/mol. The largest absolute Gasteiger partial charge is 0.351 e. The number of carbonyl (C=O) groups excluding carboxylic acids is 1. The quantitative estimate of drug-likeness (QED) is 0.758. The summed E-state index contributed by atoms with van der Waals surface area (Å²) in [5.74, 6) is 0.290. The summed E-state index contributed by atoms with van der Waals surface area (Å²) in [6.07, 6.45) is 1.75. The molecule has 0 bridgehead atoms. The van der Waals surface area contributed by atoms with Crippen molar-refractivity contribution in [2.24, 2.45) is 0 Å². The Morgan fingerprint density at radius 3 is 2.78 bits per heavy atom. The molecule has 0 spiro atoms. The van der Waals surface area contributed by atoms with Gasteiger partial charge in [-0.25, -0.2) is 0 Å². The highest BCUT2D eigenvalue weighted by Gasteiger charge is 2.13. The first-order valence-electron chi connectivity index (χ1n) is 7.45. The van der Waals surface area contributed by atoms with Crippen molar-refractivity contribution in [1.82, 2.24) is 15.4 Å². The Hall–Kier alpha value is -2.89. The van der Waals surface area contributed by atoms with E-state index in [0.717, 1.165) is 18.5 Å². The van der Waals surface area contributed by atoms with Crippen LogP contribution in [-0.2, 0) is 12.8 Å². The molecule has 6 nitrogen and oxygen atoms in total. The maximum atomic E-state index is 12.0. The Balaban J connectivity index is 1.60. The molecule has 118 valence electrons. The number of H-pyrrole nitrogens is 1. The van der Waals surface area contributed by atoms with Gasteiger partial charge in [-0.05, 0) is 37.8 Å². The lowest BCUT2D eigenvalue weighted by Crippen LogP contribution is -2.11. The van der Waals surface area contributed by atoms with Crippen molar-refractivity contribution in [2.75, 3.05) is 5.32 Å². The molecule has 6 heteroatoms. The third-order valence-electron chi connectivity index (χ3n) is 3.65. The molecular weight excluding hydrogens is 292 g/mol.